The van der Waals surface area contributed by atoms with E-state index in [4.69, 9.17) is 0 Å². The van der Waals surface area contributed by atoms with Crippen molar-refractivity contribution < 1.29 is 4.39 Å². The molecule has 1 aromatic rings. The molecule has 1 fully saturated rings. The smallest absolute Gasteiger partial charge is 0.123 e. The molecular formula is C16H24FN. The lowest BCUT2D eigenvalue weighted by molar-refractivity contribution is 0.0790. The molecule has 0 bridgehead atoms. The Morgan fingerprint density at radius 1 is 1.33 bits per heavy atom. The van der Waals surface area contributed by atoms with Crippen LogP contribution in [0.25, 0.3) is 0 Å². The summed E-state index contributed by atoms with van der Waals surface area (Å²) in [6.07, 6.45) is 3.53. The fraction of sp³-hybridized carbons (Fsp3) is 0.625. The molecule has 0 radical (unpaired) electrons. The van der Waals surface area contributed by atoms with Gasteiger partial charge in [-0.1, -0.05) is 12.1 Å². The van der Waals surface area contributed by atoms with Gasteiger partial charge in [-0.25, -0.2) is 4.39 Å². The number of hydrogen-bond acceptors (Lipinski definition) is 1. The van der Waals surface area contributed by atoms with Crippen molar-refractivity contribution >= 4 is 0 Å². The van der Waals surface area contributed by atoms with Gasteiger partial charge in [0, 0.05) is 12.1 Å². The second-order valence-electron chi connectivity index (χ2n) is 6.46. The van der Waals surface area contributed by atoms with Gasteiger partial charge in [-0.05, 0) is 70.2 Å². The minimum absolute atomic E-state index is 0.115. The standard InChI is InChI=1S/C16H24FN/c1-16(2,3)18-9-5-7-14(12-18)10-13-6-4-8-15(17)11-13/h4,6,8,11,14H,5,7,9-10,12H2,1-3H3/t14-/m0/s1. The van der Waals surface area contributed by atoms with Crippen LogP contribution in [0.3, 0.4) is 0 Å². The van der Waals surface area contributed by atoms with E-state index in [0.717, 1.165) is 18.5 Å². The summed E-state index contributed by atoms with van der Waals surface area (Å²) >= 11 is 0. The molecular weight excluding hydrogens is 225 g/mol. The van der Waals surface area contributed by atoms with Gasteiger partial charge >= 0.3 is 0 Å². The highest BCUT2D eigenvalue weighted by molar-refractivity contribution is 5.17. The molecule has 1 saturated heterocycles. The number of hydrogen-bond donors (Lipinski definition) is 0. The summed E-state index contributed by atoms with van der Waals surface area (Å²) < 4.78 is 13.2. The zero-order chi connectivity index (χ0) is 13.2. The molecule has 1 aromatic carbocycles. The van der Waals surface area contributed by atoms with E-state index in [1.54, 1.807) is 6.07 Å². The van der Waals surface area contributed by atoms with Crippen molar-refractivity contribution in [3.63, 3.8) is 0 Å². The first kappa shape index (κ1) is 13.5. The third-order valence-corrected chi connectivity index (χ3v) is 3.88. The Morgan fingerprint density at radius 3 is 2.78 bits per heavy atom. The number of benzene rings is 1. The number of nitrogens with zero attached hydrogens (tertiary/aromatic N) is 1. The van der Waals surface area contributed by atoms with Crippen molar-refractivity contribution in [2.24, 2.45) is 5.92 Å². The molecule has 2 rings (SSSR count). The van der Waals surface area contributed by atoms with Crippen molar-refractivity contribution in [2.45, 2.75) is 45.6 Å². The predicted octanol–water partition coefficient (Wildman–Crippen LogP) is 3.88. The fourth-order valence-corrected chi connectivity index (χ4v) is 2.84. The fourth-order valence-electron chi connectivity index (χ4n) is 2.84. The zero-order valence-corrected chi connectivity index (χ0v) is 11.7. The number of likely N-dealkylation sites (tertiary alicyclic amines) is 1. The molecule has 18 heavy (non-hydrogen) atoms. The van der Waals surface area contributed by atoms with E-state index >= 15 is 0 Å². The Hall–Kier alpha value is -0.890. The van der Waals surface area contributed by atoms with E-state index in [9.17, 15) is 4.39 Å². The Labute approximate surface area is 110 Å². The van der Waals surface area contributed by atoms with E-state index in [1.807, 2.05) is 12.1 Å². The van der Waals surface area contributed by atoms with Gasteiger partial charge in [0.1, 0.15) is 5.82 Å². The minimum atomic E-state index is -0.115. The molecule has 2 heteroatoms. The number of piperidine rings is 1. The van der Waals surface area contributed by atoms with Gasteiger partial charge in [0.05, 0.1) is 0 Å². The summed E-state index contributed by atoms with van der Waals surface area (Å²) in [7, 11) is 0. The van der Waals surface area contributed by atoms with Crippen molar-refractivity contribution in [1.29, 1.82) is 0 Å². The molecule has 0 N–H and O–H groups in total. The normalized spacial score (nSPS) is 22.1. The SMILES string of the molecule is CC(C)(C)N1CCC[C@@H](Cc2cccc(F)c2)C1. The Bertz CT molecular complexity index is 394. The maximum Gasteiger partial charge on any atom is 0.123 e. The lowest BCUT2D eigenvalue weighted by Crippen LogP contribution is -2.47. The van der Waals surface area contributed by atoms with Crippen LogP contribution in [0.15, 0.2) is 24.3 Å². The summed E-state index contributed by atoms with van der Waals surface area (Å²) in [4.78, 5) is 2.56. The van der Waals surface area contributed by atoms with E-state index in [0.29, 0.717) is 5.92 Å². The van der Waals surface area contributed by atoms with Gasteiger partial charge in [-0.15, -0.1) is 0 Å². The third-order valence-electron chi connectivity index (χ3n) is 3.88. The Morgan fingerprint density at radius 2 is 2.11 bits per heavy atom. The van der Waals surface area contributed by atoms with Crippen LogP contribution in [0.1, 0.15) is 39.2 Å². The summed E-state index contributed by atoms with van der Waals surface area (Å²) in [6, 6.07) is 7.05. The average Bonchev–Trinajstić information content (AvgIpc) is 2.28. The van der Waals surface area contributed by atoms with Crippen molar-refractivity contribution in [1.82, 2.24) is 4.90 Å². The van der Waals surface area contributed by atoms with Crippen LogP contribution in [0.4, 0.5) is 4.39 Å². The highest BCUT2D eigenvalue weighted by Gasteiger charge is 2.27. The van der Waals surface area contributed by atoms with Crippen LogP contribution in [-0.2, 0) is 6.42 Å². The van der Waals surface area contributed by atoms with Gasteiger partial charge < -0.3 is 0 Å². The van der Waals surface area contributed by atoms with Gasteiger partial charge in [0.25, 0.3) is 0 Å². The molecule has 1 nitrogen and oxygen atoms in total. The first-order chi connectivity index (χ1) is 8.45. The molecule has 1 aliphatic heterocycles. The van der Waals surface area contributed by atoms with E-state index in [2.05, 4.69) is 25.7 Å². The number of rotatable bonds is 2. The van der Waals surface area contributed by atoms with Crippen molar-refractivity contribution in [3.05, 3.63) is 35.6 Å². The lowest BCUT2D eigenvalue weighted by atomic mass is 9.89. The van der Waals surface area contributed by atoms with E-state index in [-0.39, 0.29) is 11.4 Å². The van der Waals surface area contributed by atoms with Gasteiger partial charge in [0.2, 0.25) is 0 Å². The van der Waals surface area contributed by atoms with Crippen LogP contribution < -0.4 is 0 Å². The van der Waals surface area contributed by atoms with Crippen LogP contribution in [-0.4, -0.2) is 23.5 Å². The van der Waals surface area contributed by atoms with Gasteiger partial charge in [-0.3, -0.25) is 4.90 Å². The molecule has 0 spiro atoms. The van der Waals surface area contributed by atoms with E-state index in [1.165, 1.54) is 25.5 Å². The zero-order valence-electron chi connectivity index (χ0n) is 11.7. The van der Waals surface area contributed by atoms with Crippen LogP contribution in [0.5, 0.6) is 0 Å². The van der Waals surface area contributed by atoms with Gasteiger partial charge in [-0.2, -0.15) is 0 Å². The van der Waals surface area contributed by atoms with E-state index < -0.39 is 0 Å². The molecule has 0 saturated carbocycles. The predicted molar refractivity (Wildman–Crippen MR) is 74.2 cm³/mol. The highest BCUT2D eigenvalue weighted by Crippen LogP contribution is 2.26. The molecule has 100 valence electrons. The number of halogens is 1. The molecule has 0 aliphatic carbocycles. The maximum atomic E-state index is 13.2. The third kappa shape index (κ3) is 3.55. The Balaban J connectivity index is 1.98. The second-order valence-corrected chi connectivity index (χ2v) is 6.46. The quantitative estimate of drug-likeness (QED) is 0.769. The molecule has 1 heterocycles. The van der Waals surface area contributed by atoms with Gasteiger partial charge in [0.15, 0.2) is 0 Å². The second kappa shape index (κ2) is 5.40. The van der Waals surface area contributed by atoms with Crippen LogP contribution >= 0.6 is 0 Å². The Kier molecular flexibility index (Phi) is 4.06. The van der Waals surface area contributed by atoms with Crippen LogP contribution in [0.2, 0.25) is 0 Å². The molecule has 1 aliphatic rings. The minimum Gasteiger partial charge on any atom is -0.298 e. The first-order valence-corrected chi connectivity index (χ1v) is 6.94. The average molecular weight is 249 g/mol. The molecule has 0 aromatic heterocycles. The summed E-state index contributed by atoms with van der Waals surface area (Å²) in [6.45, 7) is 9.16. The summed E-state index contributed by atoms with van der Waals surface area (Å²) in [5, 5.41) is 0. The maximum absolute atomic E-state index is 13.2. The molecule has 1 atom stereocenters. The summed E-state index contributed by atoms with van der Waals surface area (Å²) in [5.41, 5.74) is 1.39. The van der Waals surface area contributed by atoms with Crippen molar-refractivity contribution in [2.75, 3.05) is 13.1 Å². The monoisotopic (exact) mass is 249 g/mol. The molecule has 0 amide bonds. The van der Waals surface area contributed by atoms with Crippen LogP contribution in [0, 0.1) is 11.7 Å². The first-order valence-electron chi connectivity index (χ1n) is 6.94. The topological polar surface area (TPSA) is 3.24 Å². The lowest BCUT2D eigenvalue weighted by Gasteiger charge is -2.41. The highest BCUT2D eigenvalue weighted by atomic mass is 19.1. The summed E-state index contributed by atoms with van der Waals surface area (Å²) in [5.74, 6) is 0.552. The van der Waals surface area contributed by atoms with Crippen molar-refractivity contribution in [3.8, 4) is 0 Å². The largest absolute Gasteiger partial charge is 0.298 e. The molecule has 0 unspecified atom stereocenters.